The fraction of sp³-hybridized carbons (Fsp3) is 0.593. The topological polar surface area (TPSA) is 432 Å². The molecule has 0 aliphatic carbocycles. The molecule has 5 aromatic rings. The van der Waals surface area contributed by atoms with E-state index < -0.39 is 155 Å². The summed E-state index contributed by atoms with van der Waals surface area (Å²) in [7, 11) is 3.08. The SMILES string of the molecule is CC1=C/[C@H](C)[C@@H](/C(C)=C/c2coc(C)n2)OC(=O)C[C@H](O)C(C)(C)C(=O)[C@H](C)[C@@H](O)[C@@H](C)C\C=C\1.CC1=C/[C@H](C)[C@@H](c2ccc3sc(C)nc3c2)OC(=O)C[C@H](O)C(C)(C)C(=O)[C@H](C)[C@@H](O)[C@@H](C)C\C=C\1.CO[C@H]1/C=C(C)\C=C\C[C@H](C)[C@H](O)[C@@H](C)C(=O)C(C)(C)[C@@H](O)CC(=O)O[C@@H]1/C(C)=C/c1coc(C)n1.CO[C@H]1/C=C(C)\C=C\C[C@H](C)[C@H](O)[C@@H](C)C(=O)C(C)(C)[C@@H](O)CC(=O)O[C@@H]1/C(C)=C/c1csc(C)n1. The Bertz CT molecular complexity index is 5320. The lowest BCUT2D eigenvalue weighted by Gasteiger charge is -2.34. The molecule has 8 N–H and O–H groups in total. The van der Waals surface area contributed by atoms with Crippen LogP contribution in [0.2, 0.25) is 0 Å². The molecule has 0 radical (unpaired) electrons. The molecule has 0 fully saturated rings. The van der Waals surface area contributed by atoms with Crippen molar-refractivity contribution in [2.24, 2.45) is 80.8 Å². The minimum atomic E-state index is -1.29. The molecule has 4 aromatic heterocycles. The molecule has 0 saturated carbocycles. The number of esters is 4. The van der Waals surface area contributed by atoms with Crippen LogP contribution < -0.4 is 0 Å². The number of ether oxygens (including phenoxy) is 6. The highest BCUT2D eigenvalue weighted by Gasteiger charge is 2.48. The summed E-state index contributed by atoms with van der Waals surface area (Å²) < 4.78 is 46.6. The van der Waals surface area contributed by atoms with Gasteiger partial charge in [0.1, 0.15) is 71.5 Å². The van der Waals surface area contributed by atoms with Gasteiger partial charge in [0.25, 0.3) is 0 Å². The van der Waals surface area contributed by atoms with Crippen LogP contribution in [0.15, 0.2) is 157 Å². The molecule has 4 aliphatic rings. The molecule has 790 valence electrons. The van der Waals surface area contributed by atoms with E-state index in [0.29, 0.717) is 54.4 Å². The summed E-state index contributed by atoms with van der Waals surface area (Å²) in [5.74, 6) is -6.35. The first-order chi connectivity index (χ1) is 66.6. The van der Waals surface area contributed by atoms with E-state index >= 15 is 0 Å². The highest BCUT2D eigenvalue weighted by atomic mass is 32.1. The van der Waals surface area contributed by atoms with E-state index in [1.807, 2.05) is 199 Å². The first-order valence-electron chi connectivity index (χ1n) is 49.6. The molecule has 24 atom stereocenters. The number of hydrogen-bond donors (Lipinski definition) is 8. The van der Waals surface area contributed by atoms with Crippen molar-refractivity contribution in [1.29, 1.82) is 0 Å². The summed E-state index contributed by atoms with van der Waals surface area (Å²) in [5.41, 5.74) is 4.68. The second-order valence-electron chi connectivity index (χ2n) is 42.2. The summed E-state index contributed by atoms with van der Waals surface area (Å²) in [6, 6.07) is 5.91. The number of aromatic nitrogens is 4. The van der Waals surface area contributed by atoms with Gasteiger partial charge in [0, 0.05) is 69.0 Å². The molecular formula is C113H162N4O24S2. The van der Waals surface area contributed by atoms with Gasteiger partial charge in [-0.3, -0.25) is 38.4 Å². The number of carbonyl (C=O) groups excluding carboxylic acids is 8. The summed E-state index contributed by atoms with van der Waals surface area (Å²) in [6.07, 6.45) is 20.5. The number of fused-ring (bicyclic) bond motifs is 1. The lowest BCUT2D eigenvalue weighted by Crippen LogP contribution is -2.46. The number of Topliss-reactive ketones (excluding diaryl/α,β-unsaturated/α-hetero) is 4. The highest BCUT2D eigenvalue weighted by Crippen LogP contribution is 2.41. The van der Waals surface area contributed by atoms with E-state index in [4.69, 9.17) is 37.3 Å². The van der Waals surface area contributed by atoms with E-state index in [1.165, 1.54) is 24.7 Å². The second-order valence-corrected chi connectivity index (χ2v) is 44.5. The molecule has 1 aromatic carbocycles. The Morgan fingerprint density at radius 2 is 0.699 bits per heavy atom. The summed E-state index contributed by atoms with van der Waals surface area (Å²) in [4.78, 5) is 123. The second kappa shape index (κ2) is 54.8. The maximum Gasteiger partial charge on any atom is 0.309 e. The molecule has 0 saturated heterocycles. The van der Waals surface area contributed by atoms with Crippen LogP contribution in [-0.4, -0.2) is 201 Å². The van der Waals surface area contributed by atoms with Crippen molar-refractivity contribution < 1.29 is 116 Å². The van der Waals surface area contributed by atoms with Crippen LogP contribution in [0.3, 0.4) is 0 Å². The number of rotatable bonds is 9. The first kappa shape index (κ1) is 122. The molecule has 28 nitrogen and oxygen atoms in total. The standard InChI is InChI=1S/C29H39NO5S.C28H41NO7.C28H41NO6S.C28H41NO6/c1-16-9-8-10-17(2)26(33)19(4)28(34)29(6,7)24(31)15-25(32)35-27(18(3)13-16)21-11-12-23-22(14-21)30-20(5)36-23;1-16-10-9-11-17(2)25(32)19(4)27(33)28(6,7)23(30)14-24(31)36-26(22(12-16)34-8)18(3)13-21-15-35-20(5)29-21;1-16-10-9-11-17(2)25(32)19(4)27(33)28(6,7)23(30)14-24(31)35-26(22(12-16)34-8)18(3)13-21-15-36-20(5)29-21;1-16-10-9-11-17(2)25(32)20(5)27(33)28(7,8)23(30)14-24(31)35-26(18(3)12-16)19(4)13-22-15-34-21(6)29-22/h8-9,11-14,17-19,24,26-27,31,33H,10,15H2,1-7H3;2*9-10,12-13,15,17,19,22-23,25-26,30,32H,11,14H2,1-8H3;9-10,12-13,15,17-18,20,23,25-26,30,32H,11,14H2,1-8H3/b9-8+,16-13-;2*10-9+,16-12-,18-13+;10-9+,16-12-,19-13+/t17-,18-,19+,24-,26-,27-;2*17-,19+,22-,23-,25-,26+;17-,18-,20+,23-,25-,26-/m0000/s1. The van der Waals surface area contributed by atoms with E-state index in [2.05, 4.69) is 26.0 Å². The number of ketones is 4. The van der Waals surface area contributed by atoms with Gasteiger partial charge in [-0.05, 0) is 176 Å². The van der Waals surface area contributed by atoms with Crippen LogP contribution in [0.1, 0.15) is 275 Å². The smallest absolute Gasteiger partial charge is 0.309 e. The highest BCUT2D eigenvalue weighted by molar-refractivity contribution is 7.18. The van der Waals surface area contributed by atoms with Crippen LogP contribution in [0, 0.1) is 109 Å². The molecule has 0 amide bonds. The fourth-order valence-electron chi connectivity index (χ4n) is 18.2. The molecule has 4 aliphatic heterocycles. The number of allylic oxidation sites excluding steroid dienone is 12. The van der Waals surface area contributed by atoms with Crippen LogP contribution in [0.25, 0.3) is 28.4 Å². The third kappa shape index (κ3) is 34.8. The van der Waals surface area contributed by atoms with Crippen molar-refractivity contribution in [3.05, 3.63) is 192 Å². The van der Waals surface area contributed by atoms with Gasteiger partial charge in [-0.1, -0.05) is 214 Å². The van der Waals surface area contributed by atoms with Crippen LogP contribution in [-0.2, 0) is 66.8 Å². The number of carbonyl (C=O) groups is 8. The fourth-order valence-corrected chi connectivity index (χ4v) is 19.6. The number of aliphatic hydroxyl groups is 8. The van der Waals surface area contributed by atoms with Crippen LogP contribution in [0.4, 0.5) is 0 Å². The van der Waals surface area contributed by atoms with E-state index in [-0.39, 0.29) is 84.3 Å². The largest absolute Gasteiger partial charge is 0.457 e. The van der Waals surface area contributed by atoms with Crippen LogP contribution in [0.5, 0.6) is 0 Å². The molecule has 30 heteroatoms. The maximum absolute atomic E-state index is 13.2. The quantitative estimate of drug-likeness (QED) is 0.0502. The molecule has 0 bridgehead atoms. The number of aryl methyl sites for hydroxylation is 4. The predicted molar refractivity (Wildman–Crippen MR) is 558 cm³/mol. The van der Waals surface area contributed by atoms with Gasteiger partial charge < -0.3 is 78.1 Å². The molecule has 143 heavy (non-hydrogen) atoms. The molecule has 8 heterocycles. The molecule has 0 unspecified atom stereocenters. The molecule has 9 rings (SSSR count). The van der Waals surface area contributed by atoms with Gasteiger partial charge in [-0.25, -0.2) is 19.9 Å². The van der Waals surface area contributed by atoms with Crippen molar-refractivity contribution in [2.75, 3.05) is 14.2 Å². The zero-order valence-electron chi connectivity index (χ0n) is 89.9. The number of aliphatic hydroxyl groups excluding tert-OH is 8. The third-order valence-corrected chi connectivity index (χ3v) is 29.9. The Labute approximate surface area is 854 Å². The van der Waals surface area contributed by atoms with E-state index in [0.717, 1.165) is 64.9 Å². The number of benzene rings is 1. The van der Waals surface area contributed by atoms with E-state index in [1.54, 1.807) is 135 Å². The number of oxazole rings is 2. The Hall–Kier alpha value is -9.54. The minimum Gasteiger partial charge on any atom is -0.457 e. The van der Waals surface area contributed by atoms with Crippen molar-refractivity contribution in [3.63, 3.8) is 0 Å². The predicted octanol–water partition coefficient (Wildman–Crippen LogP) is 19.4. The van der Waals surface area contributed by atoms with Gasteiger partial charge in [0.05, 0.1) is 122 Å². The summed E-state index contributed by atoms with van der Waals surface area (Å²) in [5, 5.41) is 90.5. The zero-order valence-corrected chi connectivity index (χ0v) is 91.5. The molecule has 0 spiro atoms. The Kier molecular flexibility index (Phi) is 46.8. The Morgan fingerprint density at radius 1 is 0.392 bits per heavy atom. The van der Waals surface area contributed by atoms with Crippen molar-refractivity contribution >= 4 is 98.1 Å². The zero-order chi connectivity index (χ0) is 108. The van der Waals surface area contributed by atoms with Gasteiger partial charge in [-0.2, -0.15) is 0 Å². The number of methoxy groups -OCH3 is 2. The van der Waals surface area contributed by atoms with Crippen molar-refractivity contribution in [2.45, 2.75) is 338 Å². The average Bonchev–Trinajstić information content (AvgIpc) is 1.78. The van der Waals surface area contributed by atoms with Gasteiger partial charge in [-0.15, -0.1) is 22.7 Å². The van der Waals surface area contributed by atoms with Crippen molar-refractivity contribution in [3.8, 4) is 0 Å². The summed E-state index contributed by atoms with van der Waals surface area (Å²) in [6.45, 7) is 51.7. The van der Waals surface area contributed by atoms with Crippen molar-refractivity contribution in [1.82, 2.24) is 19.9 Å². The van der Waals surface area contributed by atoms with Gasteiger partial charge in [0.15, 0.2) is 24.0 Å². The Morgan fingerprint density at radius 3 is 1.01 bits per heavy atom. The van der Waals surface area contributed by atoms with Gasteiger partial charge >= 0.3 is 23.9 Å². The number of cyclic esters (lactones) is 4. The van der Waals surface area contributed by atoms with Crippen LogP contribution >= 0.6 is 22.7 Å². The van der Waals surface area contributed by atoms with Gasteiger partial charge in [0.2, 0.25) is 0 Å². The lowest BCUT2D eigenvalue weighted by atomic mass is 9.73. The summed E-state index contributed by atoms with van der Waals surface area (Å²) >= 11 is 3.14. The normalized spacial score (nSPS) is 33.5. The monoisotopic (exact) mass is 2020 g/mol. The van der Waals surface area contributed by atoms with E-state index in [9.17, 15) is 79.2 Å². The lowest BCUT2D eigenvalue weighted by molar-refractivity contribution is -0.159. The average molecular weight is 2020 g/mol. The molecular weight excluding hydrogens is 1860 g/mol. The number of nitrogens with zero attached hydrogens (tertiary/aromatic N) is 4. The number of thiazole rings is 2. The maximum atomic E-state index is 13.2. The minimum absolute atomic E-state index is 0.141. The third-order valence-electron chi connectivity index (χ3n) is 28.2. The number of hydrogen-bond acceptors (Lipinski definition) is 30. The Balaban J connectivity index is 0.000000292. The first-order valence-corrected chi connectivity index (χ1v) is 51.3.